The Kier molecular flexibility index (Phi) is 5.47. The molecule has 0 saturated carbocycles. The Labute approximate surface area is 157 Å². The molecule has 1 heterocycles. The number of nitrogens with zero attached hydrogens (tertiary/aromatic N) is 1. The molecule has 138 valence electrons. The lowest BCUT2D eigenvalue weighted by molar-refractivity contribution is -0.915. The lowest BCUT2D eigenvalue weighted by Crippen LogP contribution is -2.53. The second-order valence-corrected chi connectivity index (χ2v) is 8.22. The summed E-state index contributed by atoms with van der Waals surface area (Å²) >= 11 is 0. The van der Waals surface area contributed by atoms with Crippen molar-refractivity contribution < 1.29 is 9.28 Å². The summed E-state index contributed by atoms with van der Waals surface area (Å²) in [4.78, 5) is 12.9. The first-order valence-electron chi connectivity index (χ1n) is 9.71. The summed E-state index contributed by atoms with van der Waals surface area (Å²) in [6.07, 6.45) is 3.26. The molecule has 2 aromatic rings. The van der Waals surface area contributed by atoms with E-state index in [1.165, 1.54) is 25.9 Å². The van der Waals surface area contributed by atoms with Gasteiger partial charge in [0.15, 0.2) is 0 Å². The summed E-state index contributed by atoms with van der Waals surface area (Å²) < 4.78 is 1.03. The van der Waals surface area contributed by atoms with E-state index >= 15 is 0 Å². The number of rotatable bonds is 6. The van der Waals surface area contributed by atoms with Gasteiger partial charge < -0.3 is 10.2 Å². The average molecular weight is 352 g/mol. The van der Waals surface area contributed by atoms with Gasteiger partial charge in [0.1, 0.15) is 5.41 Å². The third-order valence-corrected chi connectivity index (χ3v) is 6.30. The van der Waals surface area contributed by atoms with Gasteiger partial charge in [-0.05, 0) is 29.9 Å². The van der Waals surface area contributed by atoms with Crippen molar-refractivity contribution in [1.82, 2.24) is 0 Å². The summed E-state index contributed by atoms with van der Waals surface area (Å²) in [6.45, 7) is 5.66. The minimum atomic E-state index is -0.771. The molecule has 2 aromatic carbocycles. The van der Waals surface area contributed by atoms with Gasteiger partial charge in [-0.2, -0.15) is 0 Å². The van der Waals surface area contributed by atoms with Crippen molar-refractivity contribution in [2.45, 2.75) is 31.6 Å². The quantitative estimate of drug-likeness (QED) is 0.792. The molecule has 0 spiro atoms. The van der Waals surface area contributed by atoms with E-state index in [0.29, 0.717) is 0 Å². The second kappa shape index (κ2) is 7.63. The van der Waals surface area contributed by atoms with Crippen molar-refractivity contribution >= 4 is 5.91 Å². The summed E-state index contributed by atoms with van der Waals surface area (Å²) in [5.74, 6) is 0.553. The Bertz CT molecular complexity index is 679. The lowest BCUT2D eigenvalue weighted by atomic mass is 9.71. The number of likely N-dealkylation sites (tertiary alicyclic amines) is 1. The molecule has 0 bridgehead atoms. The Morgan fingerprint density at radius 2 is 1.46 bits per heavy atom. The number of benzene rings is 2. The molecule has 2 N–H and O–H groups in total. The average Bonchev–Trinajstić information content (AvgIpc) is 2.66. The van der Waals surface area contributed by atoms with Crippen LogP contribution in [0, 0.1) is 5.92 Å². The standard InChI is InChI=1S/C23H30N2O/c1-19-13-16-25(2,17-14-19)18-15-23(22(24)26,20-9-5-3-6-10-20)21-11-7-4-8-12-21/h3-12,19H,13-18H2,1-2H3,(H-,24,26)/p+1. The predicted octanol–water partition coefficient (Wildman–Crippen LogP) is 3.72. The molecule has 3 heteroatoms. The molecule has 0 aromatic heterocycles. The third kappa shape index (κ3) is 3.68. The first-order chi connectivity index (χ1) is 12.5. The fourth-order valence-electron chi connectivity index (χ4n) is 4.29. The van der Waals surface area contributed by atoms with Gasteiger partial charge in [-0.3, -0.25) is 4.79 Å². The number of amides is 1. The molecule has 1 aliphatic heterocycles. The molecule has 3 rings (SSSR count). The number of carbonyl (C=O) groups is 1. The minimum Gasteiger partial charge on any atom is -0.369 e. The van der Waals surface area contributed by atoms with Gasteiger partial charge in [-0.1, -0.05) is 67.6 Å². The fourth-order valence-corrected chi connectivity index (χ4v) is 4.29. The molecule has 0 unspecified atom stereocenters. The van der Waals surface area contributed by atoms with Crippen molar-refractivity contribution in [3.63, 3.8) is 0 Å². The number of hydrogen-bond acceptors (Lipinski definition) is 1. The van der Waals surface area contributed by atoms with Crippen molar-refractivity contribution in [2.75, 3.05) is 26.7 Å². The van der Waals surface area contributed by atoms with Crippen molar-refractivity contribution in [3.8, 4) is 0 Å². The van der Waals surface area contributed by atoms with Crippen LogP contribution in [0.5, 0.6) is 0 Å². The molecule has 1 fully saturated rings. The third-order valence-electron chi connectivity index (χ3n) is 6.30. The normalized spacial score (nSPS) is 23.5. The summed E-state index contributed by atoms with van der Waals surface area (Å²) in [6, 6.07) is 20.1. The van der Waals surface area contributed by atoms with E-state index in [0.717, 1.165) is 34.5 Å². The van der Waals surface area contributed by atoms with E-state index in [1.807, 2.05) is 60.7 Å². The first-order valence-corrected chi connectivity index (χ1v) is 9.71. The van der Waals surface area contributed by atoms with Crippen LogP contribution in [0.3, 0.4) is 0 Å². The van der Waals surface area contributed by atoms with Crippen LogP contribution in [-0.2, 0) is 10.2 Å². The molecule has 1 amide bonds. The van der Waals surface area contributed by atoms with E-state index in [9.17, 15) is 4.79 Å². The number of quaternary nitrogens is 1. The van der Waals surface area contributed by atoms with Crippen LogP contribution < -0.4 is 5.73 Å². The Morgan fingerprint density at radius 3 is 1.88 bits per heavy atom. The maximum atomic E-state index is 12.9. The molecule has 3 nitrogen and oxygen atoms in total. The topological polar surface area (TPSA) is 43.1 Å². The second-order valence-electron chi connectivity index (χ2n) is 8.22. The van der Waals surface area contributed by atoms with Gasteiger partial charge in [0, 0.05) is 6.42 Å². The number of primary amides is 1. The predicted molar refractivity (Wildman–Crippen MR) is 107 cm³/mol. The Balaban J connectivity index is 1.97. The van der Waals surface area contributed by atoms with Gasteiger partial charge in [0.05, 0.1) is 26.7 Å². The number of carbonyl (C=O) groups excluding carboxylic acids is 1. The highest BCUT2D eigenvalue weighted by molar-refractivity contribution is 5.90. The number of piperidine rings is 1. The zero-order valence-corrected chi connectivity index (χ0v) is 16.0. The highest BCUT2D eigenvalue weighted by Crippen LogP contribution is 2.37. The van der Waals surface area contributed by atoms with Crippen molar-refractivity contribution in [1.29, 1.82) is 0 Å². The highest BCUT2D eigenvalue weighted by Gasteiger charge is 2.42. The van der Waals surface area contributed by atoms with Gasteiger partial charge in [0.25, 0.3) is 0 Å². The van der Waals surface area contributed by atoms with Gasteiger partial charge in [-0.25, -0.2) is 0 Å². The van der Waals surface area contributed by atoms with Crippen LogP contribution >= 0.6 is 0 Å². The number of hydrogen-bond donors (Lipinski definition) is 1. The van der Waals surface area contributed by atoms with Gasteiger partial charge in [0.2, 0.25) is 5.91 Å². The van der Waals surface area contributed by atoms with E-state index in [1.54, 1.807) is 0 Å². The summed E-state index contributed by atoms with van der Waals surface area (Å²) in [5.41, 5.74) is 7.29. The Morgan fingerprint density at radius 1 is 1.00 bits per heavy atom. The maximum absolute atomic E-state index is 12.9. The van der Waals surface area contributed by atoms with Crippen LogP contribution in [0.25, 0.3) is 0 Å². The number of nitrogens with two attached hydrogens (primary N) is 1. The van der Waals surface area contributed by atoms with E-state index in [2.05, 4.69) is 14.0 Å². The Hall–Kier alpha value is -2.13. The smallest absolute Gasteiger partial charge is 0.232 e. The molecule has 0 radical (unpaired) electrons. The monoisotopic (exact) mass is 351 g/mol. The molecular formula is C23H31N2O+. The van der Waals surface area contributed by atoms with Crippen LogP contribution in [-0.4, -0.2) is 37.1 Å². The van der Waals surface area contributed by atoms with Gasteiger partial charge in [-0.15, -0.1) is 0 Å². The van der Waals surface area contributed by atoms with E-state index in [-0.39, 0.29) is 5.91 Å². The van der Waals surface area contributed by atoms with E-state index < -0.39 is 5.41 Å². The first kappa shape index (κ1) is 18.7. The molecule has 0 aliphatic carbocycles. The van der Waals surface area contributed by atoms with E-state index in [4.69, 9.17) is 5.73 Å². The summed E-state index contributed by atoms with van der Waals surface area (Å²) in [5, 5.41) is 0. The molecule has 26 heavy (non-hydrogen) atoms. The van der Waals surface area contributed by atoms with Crippen molar-refractivity contribution in [2.24, 2.45) is 11.7 Å². The summed E-state index contributed by atoms with van der Waals surface area (Å²) in [7, 11) is 2.33. The fraction of sp³-hybridized carbons (Fsp3) is 0.435. The largest absolute Gasteiger partial charge is 0.369 e. The van der Waals surface area contributed by atoms with Crippen molar-refractivity contribution in [3.05, 3.63) is 71.8 Å². The van der Waals surface area contributed by atoms with Crippen LogP contribution in [0.2, 0.25) is 0 Å². The maximum Gasteiger partial charge on any atom is 0.232 e. The highest BCUT2D eigenvalue weighted by atomic mass is 16.1. The van der Waals surface area contributed by atoms with Crippen LogP contribution in [0.4, 0.5) is 0 Å². The minimum absolute atomic E-state index is 0.258. The molecule has 0 atom stereocenters. The zero-order chi connectivity index (χ0) is 18.6. The van der Waals surface area contributed by atoms with Crippen LogP contribution in [0.15, 0.2) is 60.7 Å². The molecular weight excluding hydrogens is 320 g/mol. The van der Waals surface area contributed by atoms with Crippen LogP contribution in [0.1, 0.15) is 37.3 Å². The SMILES string of the molecule is CC1CC[N+](C)(CCC(C(N)=O)(c2ccccc2)c2ccccc2)CC1. The van der Waals surface area contributed by atoms with Gasteiger partial charge >= 0.3 is 0 Å². The zero-order valence-electron chi connectivity index (χ0n) is 16.0. The molecule has 1 aliphatic rings. The molecule has 1 saturated heterocycles. The lowest BCUT2D eigenvalue weighted by Gasteiger charge is -2.42.